The van der Waals surface area contributed by atoms with E-state index in [1.165, 1.54) is 12.5 Å². The third-order valence-electron chi connectivity index (χ3n) is 6.58. The SMILES string of the molecule is CC(C)[Si](CCCB1OC(C)(C)C(C)(C)O1)(C(C)C)C(C)C. The average molecular weight is 326 g/mol. The maximum atomic E-state index is 6.15. The maximum Gasteiger partial charge on any atom is 0.457 e. The number of hydrogen-bond donors (Lipinski definition) is 0. The van der Waals surface area contributed by atoms with E-state index in [0.29, 0.717) is 0 Å². The van der Waals surface area contributed by atoms with Crippen molar-refractivity contribution in [2.45, 2.75) is 116 Å². The van der Waals surface area contributed by atoms with E-state index in [1.807, 2.05) is 0 Å². The van der Waals surface area contributed by atoms with Crippen molar-refractivity contribution in [2.24, 2.45) is 0 Å². The topological polar surface area (TPSA) is 18.5 Å². The molecule has 0 amide bonds. The van der Waals surface area contributed by atoms with Crippen LogP contribution in [0.2, 0.25) is 29.0 Å². The molecular weight excluding hydrogens is 287 g/mol. The highest BCUT2D eigenvalue weighted by Gasteiger charge is 2.51. The molecule has 4 heteroatoms. The second kappa shape index (κ2) is 6.98. The van der Waals surface area contributed by atoms with Crippen molar-refractivity contribution in [3.8, 4) is 0 Å². The van der Waals surface area contributed by atoms with E-state index in [1.54, 1.807) is 0 Å². The van der Waals surface area contributed by atoms with E-state index in [2.05, 4.69) is 69.2 Å². The lowest BCUT2D eigenvalue weighted by molar-refractivity contribution is 0.00578. The molecule has 0 unspecified atom stereocenters. The van der Waals surface area contributed by atoms with Crippen molar-refractivity contribution >= 4 is 15.2 Å². The largest absolute Gasteiger partial charge is 0.457 e. The zero-order valence-electron chi connectivity index (χ0n) is 16.7. The lowest BCUT2D eigenvalue weighted by Gasteiger charge is -2.43. The van der Waals surface area contributed by atoms with Gasteiger partial charge in [0.25, 0.3) is 0 Å². The van der Waals surface area contributed by atoms with Gasteiger partial charge in [-0.1, -0.05) is 70.6 Å². The second-order valence-electron chi connectivity index (χ2n) is 9.15. The Morgan fingerprint density at radius 1 is 0.773 bits per heavy atom. The monoisotopic (exact) mass is 326 g/mol. The Bertz CT molecular complexity index is 326. The first-order chi connectivity index (χ1) is 9.87. The Kier molecular flexibility index (Phi) is 6.43. The van der Waals surface area contributed by atoms with E-state index in [4.69, 9.17) is 9.31 Å². The molecular formula is C18H39BO2Si. The summed E-state index contributed by atoms with van der Waals surface area (Å²) in [6, 6.07) is 1.39. The average Bonchev–Trinajstić information content (AvgIpc) is 2.51. The van der Waals surface area contributed by atoms with Gasteiger partial charge in [0.05, 0.1) is 19.3 Å². The van der Waals surface area contributed by atoms with Gasteiger partial charge in [-0.25, -0.2) is 0 Å². The van der Waals surface area contributed by atoms with Crippen LogP contribution in [-0.4, -0.2) is 26.4 Å². The zero-order chi connectivity index (χ0) is 17.3. The third-order valence-corrected chi connectivity index (χ3v) is 14.2. The molecule has 0 radical (unpaired) electrons. The summed E-state index contributed by atoms with van der Waals surface area (Å²) >= 11 is 0. The molecule has 22 heavy (non-hydrogen) atoms. The lowest BCUT2D eigenvalue weighted by atomic mass is 9.83. The van der Waals surface area contributed by atoms with Crippen LogP contribution in [-0.2, 0) is 9.31 Å². The van der Waals surface area contributed by atoms with Gasteiger partial charge in [0, 0.05) is 0 Å². The van der Waals surface area contributed by atoms with Crippen LogP contribution in [0.3, 0.4) is 0 Å². The van der Waals surface area contributed by atoms with Gasteiger partial charge in [-0.05, 0) is 34.0 Å². The molecule has 0 aromatic heterocycles. The van der Waals surface area contributed by atoms with Crippen molar-refractivity contribution < 1.29 is 9.31 Å². The Morgan fingerprint density at radius 3 is 1.45 bits per heavy atom. The Labute approximate surface area is 140 Å². The summed E-state index contributed by atoms with van der Waals surface area (Å²) in [6.07, 6.45) is 2.27. The molecule has 0 aliphatic carbocycles. The molecule has 0 atom stereocenters. The second-order valence-corrected chi connectivity index (χ2v) is 15.3. The highest BCUT2D eigenvalue weighted by Crippen LogP contribution is 2.46. The van der Waals surface area contributed by atoms with Crippen molar-refractivity contribution in [3.05, 3.63) is 0 Å². The van der Waals surface area contributed by atoms with E-state index < -0.39 is 8.07 Å². The predicted octanol–water partition coefficient (Wildman–Crippen LogP) is 6.15. The minimum Gasteiger partial charge on any atom is -0.403 e. The van der Waals surface area contributed by atoms with Crippen LogP contribution < -0.4 is 0 Å². The molecule has 0 aromatic rings. The fourth-order valence-corrected chi connectivity index (χ4v) is 11.1. The molecule has 1 aliphatic heterocycles. The molecule has 0 saturated carbocycles. The summed E-state index contributed by atoms with van der Waals surface area (Å²) in [6.45, 7) is 23.2. The van der Waals surface area contributed by atoms with Crippen LogP contribution >= 0.6 is 0 Å². The van der Waals surface area contributed by atoms with Gasteiger partial charge in [0.2, 0.25) is 0 Å². The van der Waals surface area contributed by atoms with Gasteiger partial charge < -0.3 is 9.31 Å². The normalized spacial score (nSPS) is 21.4. The quantitative estimate of drug-likeness (QED) is 0.523. The third kappa shape index (κ3) is 3.81. The molecule has 130 valence electrons. The highest BCUT2D eigenvalue weighted by molar-refractivity contribution is 6.83. The first kappa shape index (κ1) is 20.2. The summed E-state index contributed by atoms with van der Waals surface area (Å²) in [4.78, 5) is 0. The minimum atomic E-state index is -1.28. The van der Waals surface area contributed by atoms with Crippen LogP contribution in [0.5, 0.6) is 0 Å². The van der Waals surface area contributed by atoms with Crippen molar-refractivity contribution in [2.75, 3.05) is 0 Å². The molecule has 1 heterocycles. The van der Waals surface area contributed by atoms with Crippen molar-refractivity contribution in [1.29, 1.82) is 0 Å². The molecule has 1 fully saturated rings. The molecule has 0 bridgehead atoms. The van der Waals surface area contributed by atoms with Crippen LogP contribution in [0, 0.1) is 0 Å². The Hall–Kier alpha value is 0.202. The van der Waals surface area contributed by atoms with Gasteiger partial charge in [0.15, 0.2) is 0 Å². The van der Waals surface area contributed by atoms with Gasteiger partial charge in [0.1, 0.15) is 0 Å². The smallest absolute Gasteiger partial charge is 0.403 e. The molecule has 2 nitrogen and oxygen atoms in total. The van der Waals surface area contributed by atoms with Crippen LogP contribution in [0.25, 0.3) is 0 Å². The zero-order valence-corrected chi connectivity index (χ0v) is 17.7. The van der Waals surface area contributed by atoms with Crippen LogP contribution in [0.1, 0.15) is 75.7 Å². The molecule has 1 saturated heterocycles. The Balaban J connectivity index is 2.66. The first-order valence-electron chi connectivity index (χ1n) is 9.22. The lowest BCUT2D eigenvalue weighted by Crippen LogP contribution is -2.44. The van der Waals surface area contributed by atoms with E-state index in [0.717, 1.165) is 22.9 Å². The molecule has 0 spiro atoms. The van der Waals surface area contributed by atoms with E-state index in [-0.39, 0.29) is 18.3 Å². The van der Waals surface area contributed by atoms with Crippen LogP contribution in [0.15, 0.2) is 0 Å². The minimum absolute atomic E-state index is 0.0248. The summed E-state index contributed by atoms with van der Waals surface area (Å²) in [5.74, 6) is 0. The predicted molar refractivity (Wildman–Crippen MR) is 101 cm³/mol. The molecule has 0 aromatic carbocycles. The molecule has 1 aliphatic rings. The van der Waals surface area contributed by atoms with Gasteiger partial charge in [-0.3, -0.25) is 0 Å². The van der Waals surface area contributed by atoms with Gasteiger partial charge in [-0.2, -0.15) is 0 Å². The van der Waals surface area contributed by atoms with Crippen LogP contribution in [0.4, 0.5) is 0 Å². The summed E-state index contributed by atoms with van der Waals surface area (Å²) in [7, 11) is -1.31. The number of rotatable bonds is 7. The molecule has 0 N–H and O–H groups in total. The highest BCUT2D eigenvalue weighted by atomic mass is 28.3. The van der Waals surface area contributed by atoms with Crippen molar-refractivity contribution in [3.63, 3.8) is 0 Å². The van der Waals surface area contributed by atoms with Crippen molar-refractivity contribution in [1.82, 2.24) is 0 Å². The summed E-state index contributed by atoms with van der Waals surface area (Å²) in [5.41, 5.74) is 2.13. The summed E-state index contributed by atoms with van der Waals surface area (Å²) < 4.78 is 12.3. The van der Waals surface area contributed by atoms with E-state index >= 15 is 0 Å². The molecule has 1 rings (SSSR count). The van der Waals surface area contributed by atoms with Gasteiger partial charge in [-0.15, -0.1) is 0 Å². The van der Waals surface area contributed by atoms with Gasteiger partial charge >= 0.3 is 7.12 Å². The number of hydrogen-bond acceptors (Lipinski definition) is 2. The standard InChI is InChI=1S/C18H39BO2Si/c1-14(2)22(15(3)4,16(5)6)13-11-12-19-20-17(7,8)18(9,10)21-19/h14-16H,11-13H2,1-10H3. The first-order valence-corrected chi connectivity index (χ1v) is 11.7. The fourth-order valence-electron chi connectivity index (χ4n) is 4.52. The maximum absolute atomic E-state index is 6.15. The van der Waals surface area contributed by atoms with E-state index in [9.17, 15) is 0 Å². The Morgan fingerprint density at radius 2 is 1.14 bits per heavy atom. The summed E-state index contributed by atoms with van der Waals surface area (Å²) in [5, 5.41) is 0. The fraction of sp³-hybridized carbons (Fsp3) is 1.00.